The number of halogens is 1. The molecule has 0 atom stereocenters. The molecule has 2 aromatic rings. The molecule has 0 fully saturated rings. The molecule has 0 bridgehead atoms. The Kier molecular flexibility index (Phi) is 3.11. The Balaban J connectivity index is 2.52. The minimum atomic E-state index is -0.344. The van der Waals surface area contributed by atoms with E-state index in [1.807, 2.05) is 24.3 Å². The fourth-order valence-electron chi connectivity index (χ4n) is 1.84. The quantitative estimate of drug-likeness (QED) is 0.779. The lowest BCUT2D eigenvalue weighted by molar-refractivity contribution is 0.623. The molecule has 0 saturated heterocycles. The van der Waals surface area contributed by atoms with E-state index >= 15 is 0 Å². The van der Waals surface area contributed by atoms with Crippen molar-refractivity contribution in [3.05, 3.63) is 53.3 Å². The number of hydrogen-bond acceptors (Lipinski definition) is 2. The van der Waals surface area contributed by atoms with Crippen LogP contribution in [-0.2, 0) is 6.54 Å². The van der Waals surface area contributed by atoms with Crippen LogP contribution in [0.2, 0.25) is 0 Å². The van der Waals surface area contributed by atoms with E-state index < -0.39 is 0 Å². The molecule has 17 heavy (non-hydrogen) atoms. The SMILES string of the molecule is Cc1cc(-c2cccc(CN)c2)cc(N)c1F. The Hall–Kier alpha value is -1.87. The van der Waals surface area contributed by atoms with Gasteiger partial charge in [-0.3, -0.25) is 0 Å². The van der Waals surface area contributed by atoms with E-state index in [1.165, 1.54) is 0 Å². The maximum Gasteiger partial charge on any atom is 0.149 e. The lowest BCUT2D eigenvalue weighted by Crippen LogP contribution is -1.97. The first kappa shape index (κ1) is 11.6. The molecule has 0 aliphatic carbocycles. The molecule has 2 aromatic carbocycles. The highest BCUT2D eigenvalue weighted by Crippen LogP contribution is 2.26. The molecule has 0 aromatic heterocycles. The van der Waals surface area contributed by atoms with Gasteiger partial charge in [0.2, 0.25) is 0 Å². The van der Waals surface area contributed by atoms with Gasteiger partial charge in [0.25, 0.3) is 0 Å². The van der Waals surface area contributed by atoms with Gasteiger partial charge in [-0.05, 0) is 47.4 Å². The molecule has 0 aliphatic heterocycles. The lowest BCUT2D eigenvalue weighted by atomic mass is 10.0. The van der Waals surface area contributed by atoms with Gasteiger partial charge in [0.05, 0.1) is 5.69 Å². The molecule has 0 heterocycles. The van der Waals surface area contributed by atoms with Crippen molar-refractivity contribution < 1.29 is 4.39 Å². The van der Waals surface area contributed by atoms with Crippen LogP contribution in [0, 0.1) is 12.7 Å². The molecule has 0 aliphatic rings. The van der Waals surface area contributed by atoms with Crippen molar-refractivity contribution in [3.8, 4) is 11.1 Å². The summed E-state index contributed by atoms with van der Waals surface area (Å²) in [5, 5.41) is 0. The first-order valence-corrected chi connectivity index (χ1v) is 5.47. The summed E-state index contributed by atoms with van der Waals surface area (Å²) >= 11 is 0. The fourth-order valence-corrected chi connectivity index (χ4v) is 1.84. The number of benzene rings is 2. The summed E-state index contributed by atoms with van der Waals surface area (Å²) in [6, 6.07) is 11.3. The molecule has 4 N–H and O–H groups in total. The van der Waals surface area contributed by atoms with E-state index in [-0.39, 0.29) is 11.5 Å². The minimum Gasteiger partial charge on any atom is -0.396 e. The van der Waals surface area contributed by atoms with Crippen molar-refractivity contribution in [1.29, 1.82) is 0 Å². The normalized spacial score (nSPS) is 10.5. The Labute approximate surface area is 100 Å². The van der Waals surface area contributed by atoms with Gasteiger partial charge in [-0.1, -0.05) is 18.2 Å². The predicted molar refractivity (Wildman–Crippen MR) is 68.9 cm³/mol. The Bertz CT molecular complexity index is 527. The second-order valence-electron chi connectivity index (χ2n) is 4.10. The maximum absolute atomic E-state index is 13.4. The zero-order valence-electron chi connectivity index (χ0n) is 9.70. The second-order valence-corrected chi connectivity index (χ2v) is 4.10. The van der Waals surface area contributed by atoms with Gasteiger partial charge >= 0.3 is 0 Å². The molecular formula is C14H15FN2. The summed E-state index contributed by atoms with van der Waals surface area (Å²) in [5.41, 5.74) is 14.9. The van der Waals surface area contributed by atoms with Crippen LogP contribution < -0.4 is 11.5 Å². The van der Waals surface area contributed by atoms with Crippen LogP contribution >= 0.6 is 0 Å². The van der Waals surface area contributed by atoms with Crippen LogP contribution in [0.3, 0.4) is 0 Å². The third kappa shape index (κ3) is 2.29. The van der Waals surface area contributed by atoms with Crippen LogP contribution in [0.4, 0.5) is 10.1 Å². The summed E-state index contributed by atoms with van der Waals surface area (Å²) in [5.74, 6) is -0.344. The smallest absolute Gasteiger partial charge is 0.149 e. The Morgan fingerprint density at radius 2 is 1.88 bits per heavy atom. The molecule has 0 radical (unpaired) electrons. The highest BCUT2D eigenvalue weighted by atomic mass is 19.1. The fraction of sp³-hybridized carbons (Fsp3) is 0.143. The third-order valence-corrected chi connectivity index (χ3v) is 2.78. The summed E-state index contributed by atoms with van der Waals surface area (Å²) in [6.45, 7) is 2.20. The first-order valence-electron chi connectivity index (χ1n) is 5.47. The van der Waals surface area contributed by atoms with Gasteiger partial charge in [0.15, 0.2) is 0 Å². The molecule has 88 valence electrons. The van der Waals surface area contributed by atoms with E-state index in [0.717, 1.165) is 16.7 Å². The predicted octanol–water partition coefficient (Wildman–Crippen LogP) is 2.84. The van der Waals surface area contributed by atoms with E-state index in [9.17, 15) is 4.39 Å². The maximum atomic E-state index is 13.4. The van der Waals surface area contributed by atoms with Crippen molar-refractivity contribution in [1.82, 2.24) is 0 Å². The Morgan fingerprint density at radius 3 is 2.53 bits per heavy atom. The molecule has 0 unspecified atom stereocenters. The summed E-state index contributed by atoms with van der Waals surface area (Å²) < 4.78 is 13.4. The van der Waals surface area contributed by atoms with Gasteiger partial charge in [-0.25, -0.2) is 4.39 Å². The van der Waals surface area contributed by atoms with E-state index in [0.29, 0.717) is 12.1 Å². The van der Waals surface area contributed by atoms with Crippen LogP contribution in [0.25, 0.3) is 11.1 Å². The average molecular weight is 230 g/mol. The first-order chi connectivity index (χ1) is 8.11. The van der Waals surface area contributed by atoms with E-state index in [1.54, 1.807) is 19.1 Å². The van der Waals surface area contributed by atoms with Crippen molar-refractivity contribution in [2.24, 2.45) is 5.73 Å². The summed E-state index contributed by atoms with van der Waals surface area (Å²) in [7, 11) is 0. The van der Waals surface area contributed by atoms with E-state index in [4.69, 9.17) is 11.5 Å². The number of aryl methyl sites for hydroxylation is 1. The van der Waals surface area contributed by atoms with E-state index in [2.05, 4.69) is 0 Å². The van der Waals surface area contributed by atoms with Gasteiger partial charge in [-0.2, -0.15) is 0 Å². The molecule has 0 saturated carbocycles. The molecule has 0 amide bonds. The van der Waals surface area contributed by atoms with Crippen molar-refractivity contribution in [3.63, 3.8) is 0 Å². The van der Waals surface area contributed by atoms with Gasteiger partial charge in [-0.15, -0.1) is 0 Å². The number of rotatable bonds is 2. The highest BCUT2D eigenvalue weighted by molar-refractivity contribution is 5.69. The Morgan fingerprint density at radius 1 is 1.12 bits per heavy atom. The number of nitrogen functional groups attached to an aromatic ring is 1. The summed E-state index contributed by atoms with van der Waals surface area (Å²) in [4.78, 5) is 0. The molecule has 0 spiro atoms. The zero-order valence-corrected chi connectivity index (χ0v) is 9.70. The number of anilines is 1. The van der Waals surface area contributed by atoms with Crippen LogP contribution in [0.5, 0.6) is 0 Å². The number of hydrogen-bond donors (Lipinski definition) is 2. The second kappa shape index (κ2) is 4.55. The topological polar surface area (TPSA) is 52.0 Å². The van der Waals surface area contributed by atoms with Crippen LogP contribution in [0.1, 0.15) is 11.1 Å². The van der Waals surface area contributed by atoms with Gasteiger partial charge in [0, 0.05) is 6.54 Å². The third-order valence-electron chi connectivity index (χ3n) is 2.78. The summed E-state index contributed by atoms with van der Waals surface area (Å²) in [6.07, 6.45) is 0. The highest BCUT2D eigenvalue weighted by Gasteiger charge is 2.06. The average Bonchev–Trinajstić information content (AvgIpc) is 2.35. The molecular weight excluding hydrogens is 215 g/mol. The molecule has 2 nitrogen and oxygen atoms in total. The van der Waals surface area contributed by atoms with Gasteiger partial charge in [0.1, 0.15) is 5.82 Å². The van der Waals surface area contributed by atoms with Crippen LogP contribution in [-0.4, -0.2) is 0 Å². The monoisotopic (exact) mass is 230 g/mol. The van der Waals surface area contributed by atoms with Gasteiger partial charge < -0.3 is 11.5 Å². The van der Waals surface area contributed by atoms with Crippen molar-refractivity contribution >= 4 is 5.69 Å². The van der Waals surface area contributed by atoms with Crippen LogP contribution in [0.15, 0.2) is 36.4 Å². The molecule has 2 rings (SSSR count). The molecule has 3 heteroatoms. The standard InChI is InChI=1S/C14H15FN2/c1-9-5-12(7-13(17)14(9)15)11-4-2-3-10(6-11)8-16/h2-7H,8,16-17H2,1H3. The van der Waals surface area contributed by atoms with Crippen molar-refractivity contribution in [2.45, 2.75) is 13.5 Å². The zero-order chi connectivity index (χ0) is 12.4. The van der Waals surface area contributed by atoms with Crippen molar-refractivity contribution in [2.75, 3.05) is 5.73 Å². The largest absolute Gasteiger partial charge is 0.396 e. The number of nitrogens with two attached hydrogens (primary N) is 2. The lowest BCUT2D eigenvalue weighted by Gasteiger charge is -2.08. The minimum absolute atomic E-state index is 0.179.